The van der Waals surface area contributed by atoms with E-state index in [0.29, 0.717) is 18.5 Å². The number of primary amides is 1. The molecule has 0 heterocycles. The summed E-state index contributed by atoms with van der Waals surface area (Å²) >= 11 is 0. The van der Waals surface area contributed by atoms with E-state index in [9.17, 15) is 19.2 Å². The highest BCUT2D eigenvalue weighted by Crippen LogP contribution is 2.26. The Kier molecular flexibility index (Phi) is 13.4. The van der Waals surface area contributed by atoms with E-state index in [-0.39, 0.29) is 24.8 Å². The van der Waals surface area contributed by atoms with E-state index in [1.807, 2.05) is 24.3 Å². The number of nitrogens with two attached hydrogens (primary N) is 1. The van der Waals surface area contributed by atoms with E-state index in [2.05, 4.69) is 24.5 Å². The van der Waals surface area contributed by atoms with Crippen LogP contribution in [0.15, 0.2) is 24.3 Å². The molecule has 9 nitrogen and oxygen atoms in total. The third kappa shape index (κ3) is 11.2. The monoisotopic (exact) mass is 558 g/mol. The lowest BCUT2D eigenvalue weighted by atomic mass is 9.94. The van der Waals surface area contributed by atoms with Gasteiger partial charge in [0.25, 0.3) is 0 Å². The Balaban J connectivity index is 2.48. The van der Waals surface area contributed by atoms with Crippen molar-refractivity contribution < 1.29 is 23.9 Å². The van der Waals surface area contributed by atoms with E-state index in [4.69, 9.17) is 10.5 Å². The molecule has 0 aromatic heterocycles. The highest BCUT2D eigenvalue weighted by molar-refractivity contribution is 5.92. The summed E-state index contributed by atoms with van der Waals surface area (Å²) in [6.07, 6.45) is 7.62. The number of nitrogens with one attached hydrogen (secondary N) is 2. The highest BCUT2D eigenvalue weighted by Gasteiger charge is 2.37. The topological polar surface area (TPSA) is 131 Å². The molecule has 9 heteroatoms. The zero-order valence-electron chi connectivity index (χ0n) is 25.1. The van der Waals surface area contributed by atoms with Crippen LogP contribution in [-0.4, -0.2) is 52.9 Å². The minimum atomic E-state index is -1.08. The molecule has 0 aliphatic heterocycles. The second-order valence-electron chi connectivity index (χ2n) is 11.8. The predicted octanol–water partition coefficient (Wildman–Crippen LogP) is 4.92. The maximum atomic E-state index is 14.2. The number of amides is 4. The molecule has 1 saturated carbocycles. The van der Waals surface area contributed by atoms with Crippen LogP contribution in [0.4, 0.5) is 4.79 Å². The third-order valence-corrected chi connectivity index (χ3v) is 7.17. The lowest BCUT2D eigenvalue weighted by Crippen LogP contribution is -2.54. The van der Waals surface area contributed by atoms with Crippen LogP contribution in [0.25, 0.3) is 0 Å². The zero-order chi connectivity index (χ0) is 29.7. The highest BCUT2D eigenvalue weighted by atomic mass is 16.6. The Morgan fingerprint density at radius 1 is 1.02 bits per heavy atom. The number of unbranched alkanes of at least 4 members (excludes halogenated alkanes) is 2. The second-order valence-corrected chi connectivity index (χ2v) is 11.8. The zero-order valence-corrected chi connectivity index (χ0v) is 25.1. The van der Waals surface area contributed by atoms with Gasteiger partial charge in [0.1, 0.15) is 17.7 Å². The Bertz CT molecular complexity index is 967. The van der Waals surface area contributed by atoms with Crippen LogP contribution >= 0.6 is 0 Å². The Labute approximate surface area is 240 Å². The molecule has 0 radical (unpaired) electrons. The molecule has 0 spiro atoms. The molecule has 0 bridgehead atoms. The van der Waals surface area contributed by atoms with E-state index in [0.717, 1.165) is 56.9 Å². The van der Waals surface area contributed by atoms with Crippen LogP contribution in [0.5, 0.6) is 0 Å². The summed E-state index contributed by atoms with van der Waals surface area (Å²) in [5, 5.41) is 5.87. The van der Waals surface area contributed by atoms with Gasteiger partial charge < -0.3 is 26.0 Å². The molecule has 2 atom stereocenters. The third-order valence-electron chi connectivity index (χ3n) is 7.17. The Morgan fingerprint density at radius 3 is 2.23 bits per heavy atom. The van der Waals surface area contributed by atoms with Crippen LogP contribution in [0.2, 0.25) is 0 Å². The largest absolute Gasteiger partial charge is 0.444 e. The first-order valence-electron chi connectivity index (χ1n) is 14.9. The average Bonchev–Trinajstić information content (AvgIpc) is 2.90. The molecule has 1 fully saturated rings. The van der Waals surface area contributed by atoms with Crippen LogP contribution in [0.1, 0.15) is 116 Å². The lowest BCUT2D eigenvalue weighted by Gasteiger charge is -2.36. The van der Waals surface area contributed by atoms with Crippen molar-refractivity contribution in [2.24, 2.45) is 5.73 Å². The molecule has 4 amide bonds. The van der Waals surface area contributed by atoms with Crippen molar-refractivity contribution >= 4 is 23.8 Å². The predicted molar refractivity (Wildman–Crippen MR) is 156 cm³/mol. The summed E-state index contributed by atoms with van der Waals surface area (Å²) in [5.41, 5.74) is 6.47. The Hall–Kier alpha value is -3.10. The first-order chi connectivity index (χ1) is 18.9. The summed E-state index contributed by atoms with van der Waals surface area (Å²) in [6.45, 7) is 9.66. The van der Waals surface area contributed by atoms with Crippen molar-refractivity contribution in [1.29, 1.82) is 0 Å². The van der Waals surface area contributed by atoms with Gasteiger partial charge in [-0.15, -0.1) is 0 Å². The van der Waals surface area contributed by atoms with E-state index < -0.39 is 35.6 Å². The molecular weight excluding hydrogens is 508 g/mol. The fraction of sp³-hybridized carbons (Fsp3) is 0.677. The number of nitrogens with zero attached hydrogens (tertiary/aromatic N) is 1. The number of ether oxygens (including phenoxy) is 1. The first-order valence-corrected chi connectivity index (χ1v) is 14.9. The molecule has 1 aliphatic carbocycles. The smallest absolute Gasteiger partial charge is 0.408 e. The molecule has 2 unspecified atom stereocenters. The summed E-state index contributed by atoms with van der Waals surface area (Å²) in [5.74, 6) is -1.25. The molecule has 2 rings (SSSR count). The number of carbonyl (C=O) groups excluding carboxylic acids is 4. The fourth-order valence-electron chi connectivity index (χ4n) is 5.03. The van der Waals surface area contributed by atoms with Gasteiger partial charge in [-0.05, 0) is 64.0 Å². The van der Waals surface area contributed by atoms with Gasteiger partial charge >= 0.3 is 6.09 Å². The van der Waals surface area contributed by atoms with Crippen LogP contribution in [0.3, 0.4) is 0 Å². The molecule has 40 heavy (non-hydrogen) atoms. The van der Waals surface area contributed by atoms with Crippen LogP contribution in [-0.2, 0) is 25.5 Å². The molecule has 4 N–H and O–H groups in total. The SMILES string of the molecule is CCCCCN(C(=O)C(CCC(N)=O)NC(=O)OC(C)(C)C)C(C(=O)NC1CCCCC1)c1ccc(CC)cc1. The normalized spacial score (nSPS) is 15.5. The first kappa shape index (κ1) is 33.1. The van der Waals surface area contributed by atoms with Gasteiger partial charge in [0.2, 0.25) is 17.7 Å². The summed E-state index contributed by atoms with van der Waals surface area (Å²) < 4.78 is 5.41. The molecule has 1 aliphatic rings. The van der Waals surface area contributed by atoms with Crippen LogP contribution in [0, 0.1) is 0 Å². The maximum Gasteiger partial charge on any atom is 0.408 e. The standard InChI is InChI=1S/C31H50N4O5/c1-6-8-12-21-35(29(38)25(19-20-26(32)36)34-30(39)40-31(3,4)5)27(23-17-15-22(7-2)16-18-23)28(37)33-24-13-10-9-11-14-24/h15-18,24-25,27H,6-14,19-21H2,1-5H3,(H2,32,36)(H,33,37)(H,34,39). The van der Waals surface area contributed by atoms with Gasteiger partial charge in [0, 0.05) is 19.0 Å². The number of hydrogen-bond donors (Lipinski definition) is 3. The number of alkyl carbamates (subject to hydrolysis) is 1. The van der Waals surface area contributed by atoms with Crippen molar-refractivity contribution in [3.05, 3.63) is 35.4 Å². The van der Waals surface area contributed by atoms with Gasteiger partial charge in [-0.3, -0.25) is 14.4 Å². The van der Waals surface area contributed by atoms with Crippen LogP contribution < -0.4 is 16.4 Å². The van der Waals surface area contributed by atoms with Gasteiger partial charge in [0.15, 0.2) is 0 Å². The lowest BCUT2D eigenvalue weighted by molar-refractivity contribution is -0.143. The second kappa shape index (κ2) is 16.2. The quantitative estimate of drug-likeness (QED) is 0.279. The minimum absolute atomic E-state index is 0.00340. The van der Waals surface area contributed by atoms with Gasteiger partial charge in [0.05, 0.1) is 0 Å². The summed E-state index contributed by atoms with van der Waals surface area (Å²) in [4.78, 5) is 54.1. The number of benzene rings is 1. The van der Waals surface area contributed by atoms with Gasteiger partial charge in [-0.2, -0.15) is 0 Å². The molecule has 1 aromatic rings. The van der Waals surface area contributed by atoms with Crippen molar-refractivity contribution in [2.45, 2.75) is 129 Å². The van der Waals surface area contributed by atoms with Crippen molar-refractivity contribution in [3.63, 3.8) is 0 Å². The van der Waals surface area contributed by atoms with Gasteiger partial charge in [-0.1, -0.05) is 70.2 Å². The number of rotatable bonds is 14. The molecule has 224 valence electrons. The molecular formula is C31H50N4O5. The van der Waals surface area contributed by atoms with Gasteiger partial charge in [-0.25, -0.2) is 4.79 Å². The van der Waals surface area contributed by atoms with E-state index >= 15 is 0 Å². The van der Waals surface area contributed by atoms with E-state index in [1.165, 1.54) is 0 Å². The maximum absolute atomic E-state index is 14.2. The fourth-order valence-corrected chi connectivity index (χ4v) is 5.03. The van der Waals surface area contributed by atoms with Crippen molar-refractivity contribution in [3.8, 4) is 0 Å². The average molecular weight is 559 g/mol. The molecule has 1 aromatic carbocycles. The van der Waals surface area contributed by atoms with Crippen molar-refractivity contribution in [2.75, 3.05) is 6.54 Å². The Morgan fingerprint density at radius 2 is 1.68 bits per heavy atom. The number of hydrogen-bond acceptors (Lipinski definition) is 5. The minimum Gasteiger partial charge on any atom is -0.444 e. The number of aryl methyl sites for hydroxylation is 1. The number of carbonyl (C=O) groups is 4. The van der Waals surface area contributed by atoms with E-state index in [1.54, 1.807) is 25.7 Å². The summed E-state index contributed by atoms with van der Waals surface area (Å²) in [6, 6.07) is 5.88. The molecule has 0 saturated heterocycles. The van der Waals surface area contributed by atoms with Crippen molar-refractivity contribution in [1.82, 2.24) is 15.5 Å². The summed E-state index contributed by atoms with van der Waals surface area (Å²) in [7, 11) is 0.